The van der Waals surface area contributed by atoms with E-state index in [1.807, 2.05) is 0 Å². The minimum absolute atomic E-state index is 0.00292. The molecular weight excluding hydrogens is 226 g/mol. The van der Waals surface area contributed by atoms with Crippen molar-refractivity contribution < 1.29 is 19.5 Å². The summed E-state index contributed by atoms with van der Waals surface area (Å²) in [6.07, 6.45) is 1.28. The summed E-state index contributed by atoms with van der Waals surface area (Å²) in [5.74, 6) is -2.12. The number of rotatable bonds is 7. The number of carbonyl (C=O) groups is 3. The van der Waals surface area contributed by atoms with Gasteiger partial charge in [-0.1, -0.05) is 0 Å². The Morgan fingerprint density at radius 2 is 1.94 bits per heavy atom. The molecule has 0 bridgehead atoms. The van der Waals surface area contributed by atoms with E-state index in [1.165, 1.54) is 0 Å². The van der Waals surface area contributed by atoms with Gasteiger partial charge in [0, 0.05) is 13.0 Å². The Balaban J connectivity index is 2.52. The molecule has 0 aromatic carbocycles. The SMILES string of the molecule is NCC1(C(=O)N[C@H](CCC(N)=O)C(=O)O)CC1. The third kappa shape index (κ3) is 3.42. The number of primary amides is 1. The van der Waals surface area contributed by atoms with Crippen molar-refractivity contribution in [2.24, 2.45) is 16.9 Å². The number of aliphatic carboxylic acids is 1. The van der Waals surface area contributed by atoms with Crippen molar-refractivity contribution >= 4 is 17.8 Å². The highest BCUT2D eigenvalue weighted by Crippen LogP contribution is 2.44. The first-order valence-electron chi connectivity index (χ1n) is 5.43. The zero-order chi connectivity index (χ0) is 13.1. The van der Waals surface area contributed by atoms with Crippen molar-refractivity contribution in [3.63, 3.8) is 0 Å². The number of carboxylic acids is 1. The molecular formula is C10H17N3O4. The van der Waals surface area contributed by atoms with Crippen molar-refractivity contribution in [3.05, 3.63) is 0 Å². The van der Waals surface area contributed by atoms with Crippen LogP contribution in [0.1, 0.15) is 25.7 Å². The predicted octanol–water partition coefficient (Wildman–Crippen LogP) is -1.44. The molecule has 1 saturated carbocycles. The predicted molar refractivity (Wildman–Crippen MR) is 58.7 cm³/mol. The molecule has 1 aliphatic carbocycles. The van der Waals surface area contributed by atoms with E-state index in [4.69, 9.17) is 16.6 Å². The Bertz CT molecular complexity index is 338. The summed E-state index contributed by atoms with van der Waals surface area (Å²) in [6.45, 7) is 0.209. The van der Waals surface area contributed by atoms with Gasteiger partial charge in [-0.3, -0.25) is 9.59 Å². The number of carboxylic acid groups (broad SMARTS) is 1. The van der Waals surface area contributed by atoms with E-state index in [0.29, 0.717) is 12.8 Å². The van der Waals surface area contributed by atoms with Crippen LogP contribution in [0.25, 0.3) is 0 Å². The number of nitrogens with two attached hydrogens (primary N) is 2. The lowest BCUT2D eigenvalue weighted by atomic mass is 10.0. The number of nitrogens with one attached hydrogen (secondary N) is 1. The average molecular weight is 243 g/mol. The fourth-order valence-corrected chi connectivity index (χ4v) is 1.53. The van der Waals surface area contributed by atoms with E-state index in [-0.39, 0.29) is 25.3 Å². The molecule has 1 rings (SSSR count). The summed E-state index contributed by atoms with van der Waals surface area (Å²) in [4.78, 5) is 33.2. The highest BCUT2D eigenvalue weighted by atomic mass is 16.4. The second kappa shape index (κ2) is 5.13. The van der Waals surface area contributed by atoms with Gasteiger partial charge < -0.3 is 21.9 Å². The molecule has 1 aliphatic rings. The van der Waals surface area contributed by atoms with E-state index >= 15 is 0 Å². The first-order valence-corrected chi connectivity index (χ1v) is 5.43. The van der Waals surface area contributed by atoms with Crippen LogP contribution in [0.3, 0.4) is 0 Å². The Morgan fingerprint density at radius 3 is 2.29 bits per heavy atom. The Labute approximate surface area is 98.5 Å². The van der Waals surface area contributed by atoms with Crippen LogP contribution in [0.5, 0.6) is 0 Å². The molecule has 0 aliphatic heterocycles. The minimum Gasteiger partial charge on any atom is -0.480 e. The summed E-state index contributed by atoms with van der Waals surface area (Å²) in [5.41, 5.74) is 9.80. The zero-order valence-electron chi connectivity index (χ0n) is 9.44. The van der Waals surface area contributed by atoms with E-state index in [0.717, 1.165) is 0 Å². The van der Waals surface area contributed by atoms with Crippen molar-refractivity contribution in [3.8, 4) is 0 Å². The summed E-state index contributed by atoms with van der Waals surface area (Å²) in [7, 11) is 0. The smallest absolute Gasteiger partial charge is 0.326 e. The van der Waals surface area contributed by atoms with Crippen molar-refractivity contribution in [2.75, 3.05) is 6.54 Å². The lowest BCUT2D eigenvalue weighted by Crippen LogP contribution is -2.46. The van der Waals surface area contributed by atoms with E-state index in [9.17, 15) is 14.4 Å². The average Bonchev–Trinajstić information content (AvgIpc) is 3.03. The molecule has 7 nitrogen and oxygen atoms in total. The molecule has 1 fully saturated rings. The molecule has 17 heavy (non-hydrogen) atoms. The fraction of sp³-hybridized carbons (Fsp3) is 0.700. The van der Waals surface area contributed by atoms with Gasteiger partial charge in [0.1, 0.15) is 6.04 Å². The topological polar surface area (TPSA) is 136 Å². The van der Waals surface area contributed by atoms with Gasteiger partial charge in [-0.2, -0.15) is 0 Å². The monoisotopic (exact) mass is 243 g/mol. The van der Waals surface area contributed by atoms with Gasteiger partial charge in [0.05, 0.1) is 5.41 Å². The van der Waals surface area contributed by atoms with E-state index in [2.05, 4.69) is 5.32 Å². The second-order valence-corrected chi connectivity index (χ2v) is 4.35. The van der Waals surface area contributed by atoms with Crippen LogP contribution in [0.15, 0.2) is 0 Å². The zero-order valence-corrected chi connectivity index (χ0v) is 9.44. The maximum Gasteiger partial charge on any atom is 0.326 e. The van der Waals surface area contributed by atoms with Crippen LogP contribution in [0, 0.1) is 5.41 Å². The molecule has 2 amide bonds. The third-order valence-electron chi connectivity index (χ3n) is 3.01. The molecule has 0 spiro atoms. The maximum absolute atomic E-state index is 11.7. The molecule has 6 N–H and O–H groups in total. The first kappa shape index (κ1) is 13.4. The van der Waals surface area contributed by atoms with Gasteiger partial charge in [0.2, 0.25) is 11.8 Å². The van der Waals surface area contributed by atoms with Crippen molar-refractivity contribution in [1.29, 1.82) is 0 Å². The van der Waals surface area contributed by atoms with Crippen LogP contribution in [0.4, 0.5) is 0 Å². The molecule has 1 atom stereocenters. The largest absolute Gasteiger partial charge is 0.480 e. The van der Waals surface area contributed by atoms with Crippen LogP contribution >= 0.6 is 0 Å². The van der Waals surface area contributed by atoms with Gasteiger partial charge in [-0.25, -0.2) is 4.79 Å². The van der Waals surface area contributed by atoms with Gasteiger partial charge in [0.25, 0.3) is 0 Å². The lowest BCUT2D eigenvalue weighted by Gasteiger charge is -2.18. The first-order chi connectivity index (χ1) is 7.91. The molecule has 0 aromatic rings. The number of amides is 2. The molecule has 0 heterocycles. The number of carbonyl (C=O) groups excluding carboxylic acids is 2. The van der Waals surface area contributed by atoms with Gasteiger partial charge in [0.15, 0.2) is 0 Å². The minimum atomic E-state index is -1.17. The Morgan fingerprint density at radius 1 is 1.35 bits per heavy atom. The highest BCUT2D eigenvalue weighted by molar-refractivity contribution is 5.89. The van der Waals surface area contributed by atoms with Crippen molar-refractivity contribution in [2.45, 2.75) is 31.7 Å². The van der Waals surface area contributed by atoms with Gasteiger partial charge in [-0.05, 0) is 19.3 Å². The molecule has 0 aromatic heterocycles. The standard InChI is InChI=1S/C10H17N3O4/c11-5-10(3-4-10)9(17)13-6(8(15)16)1-2-7(12)14/h6H,1-5,11H2,(H2,12,14)(H,13,17)(H,15,16)/t6-/m1/s1. The van der Waals surface area contributed by atoms with E-state index in [1.54, 1.807) is 0 Å². The van der Waals surface area contributed by atoms with Crippen LogP contribution in [-0.2, 0) is 14.4 Å². The van der Waals surface area contributed by atoms with Crippen LogP contribution in [0.2, 0.25) is 0 Å². The van der Waals surface area contributed by atoms with Crippen LogP contribution < -0.4 is 16.8 Å². The Kier molecular flexibility index (Phi) is 4.06. The van der Waals surface area contributed by atoms with Gasteiger partial charge >= 0.3 is 5.97 Å². The Hall–Kier alpha value is -1.63. The third-order valence-corrected chi connectivity index (χ3v) is 3.01. The van der Waals surface area contributed by atoms with E-state index < -0.39 is 23.3 Å². The summed E-state index contributed by atoms with van der Waals surface area (Å²) in [6, 6.07) is -1.08. The lowest BCUT2D eigenvalue weighted by molar-refractivity contribution is -0.143. The maximum atomic E-state index is 11.7. The second-order valence-electron chi connectivity index (χ2n) is 4.35. The summed E-state index contributed by atoms with van der Waals surface area (Å²) >= 11 is 0. The number of hydrogen-bond donors (Lipinski definition) is 4. The highest BCUT2D eigenvalue weighted by Gasteiger charge is 2.49. The van der Waals surface area contributed by atoms with Crippen LogP contribution in [-0.4, -0.2) is 35.5 Å². The normalized spacial score (nSPS) is 18.2. The molecule has 0 unspecified atom stereocenters. The molecule has 96 valence electrons. The molecule has 0 saturated heterocycles. The molecule has 0 radical (unpaired) electrons. The number of hydrogen-bond acceptors (Lipinski definition) is 4. The van der Waals surface area contributed by atoms with Gasteiger partial charge in [-0.15, -0.1) is 0 Å². The fourth-order valence-electron chi connectivity index (χ4n) is 1.53. The summed E-state index contributed by atoms with van der Waals surface area (Å²) in [5, 5.41) is 11.3. The quantitative estimate of drug-likeness (QED) is 0.434. The molecule has 7 heteroatoms. The van der Waals surface area contributed by atoms with Crippen molar-refractivity contribution in [1.82, 2.24) is 5.32 Å². The summed E-state index contributed by atoms with van der Waals surface area (Å²) < 4.78 is 0.